The van der Waals surface area contributed by atoms with Crippen molar-refractivity contribution in [2.24, 2.45) is 0 Å². The third kappa shape index (κ3) is 8.30. The van der Waals surface area contributed by atoms with E-state index < -0.39 is 28.4 Å². The van der Waals surface area contributed by atoms with Gasteiger partial charge >= 0.3 is 5.97 Å². The number of sulfonamides is 1. The van der Waals surface area contributed by atoms with Crippen LogP contribution >= 0.6 is 0 Å². The average molecular weight is 691 g/mol. The van der Waals surface area contributed by atoms with Gasteiger partial charge in [0, 0.05) is 19.0 Å². The molecule has 5 aromatic carbocycles. The summed E-state index contributed by atoms with van der Waals surface area (Å²) in [5.41, 5.74) is 6.65. The number of anilines is 1. The first-order valence-corrected chi connectivity index (χ1v) is 17.8. The number of amides is 1. The van der Waals surface area contributed by atoms with Crippen molar-refractivity contribution >= 4 is 27.6 Å². The zero-order valence-electron chi connectivity index (χ0n) is 29.0. The van der Waals surface area contributed by atoms with Crippen molar-refractivity contribution in [1.82, 2.24) is 4.31 Å². The normalized spacial score (nSPS) is 11.4. The highest BCUT2D eigenvalue weighted by molar-refractivity contribution is 7.89. The number of hydrogen-bond acceptors (Lipinski definition) is 5. The Morgan fingerprint density at radius 1 is 0.720 bits per heavy atom. The third-order valence-corrected chi connectivity index (χ3v) is 10.7. The van der Waals surface area contributed by atoms with Crippen molar-refractivity contribution in [2.45, 2.75) is 52.2 Å². The number of nitrogens with zero attached hydrogens (tertiary/aromatic N) is 2. The molecular formula is C41H42N2O6S. The predicted octanol–water partition coefficient (Wildman–Crippen LogP) is 7.64. The van der Waals surface area contributed by atoms with Gasteiger partial charge in [-0.15, -0.1) is 0 Å². The van der Waals surface area contributed by atoms with Crippen LogP contribution in [0, 0.1) is 27.7 Å². The van der Waals surface area contributed by atoms with Crippen LogP contribution < -0.4 is 9.64 Å². The van der Waals surface area contributed by atoms with E-state index in [1.54, 1.807) is 19.9 Å². The van der Waals surface area contributed by atoms with Gasteiger partial charge in [-0.3, -0.25) is 4.79 Å². The van der Waals surface area contributed by atoms with Crippen LogP contribution in [0.2, 0.25) is 0 Å². The minimum atomic E-state index is -4.05. The molecule has 0 radical (unpaired) electrons. The van der Waals surface area contributed by atoms with Gasteiger partial charge in [0.05, 0.1) is 23.7 Å². The zero-order valence-corrected chi connectivity index (χ0v) is 29.8. The fourth-order valence-corrected chi connectivity index (χ4v) is 7.70. The maximum atomic E-state index is 14.5. The van der Waals surface area contributed by atoms with E-state index in [1.807, 2.05) is 111 Å². The van der Waals surface area contributed by atoms with E-state index in [1.165, 1.54) is 18.0 Å². The minimum Gasteiger partial charge on any atom is -0.488 e. The van der Waals surface area contributed by atoms with E-state index in [4.69, 9.17) is 4.74 Å². The summed E-state index contributed by atoms with van der Waals surface area (Å²) < 4.78 is 35.3. The highest BCUT2D eigenvalue weighted by atomic mass is 32.2. The molecule has 0 atom stereocenters. The molecule has 0 fully saturated rings. The lowest BCUT2D eigenvalue weighted by Gasteiger charge is -2.29. The van der Waals surface area contributed by atoms with Crippen molar-refractivity contribution in [3.8, 4) is 5.75 Å². The quantitative estimate of drug-likeness (QED) is 0.136. The molecule has 8 nitrogen and oxygen atoms in total. The zero-order chi connectivity index (χ0) is 36.0. The second kappa shape index (κ2) is 15.5. The Morgan fingerprint density at radius 3 is 1.88 bits per heavy atom. The van der Waals surface area contributed by atoms with Crippen molar-refractivity contribution in [3.05, 3.63) is 159 Å². The van der Waals surface area contributed by atoms with E-state index in [-0.39, 0.29) is 35.8 Å². The molecule has 0 heterocycles. The van der Waals surface area contributed by atoms with E-state index in [2.05, 4.69) is 0 Å². The Labute approximate surface area is 294 Å². The Balaban J connectivity index is 1.63. The number of carbonyl (C=O) groups is 2. The van der Waals surface area contributed by atoms with Gasteiger partial charge in [0.15, 0.2) is 0 Å². The number of rotatable bonds is 13. The Hall–Kier alpha value is -5.25. The molecule has 5 rings (SSSR count). The molecule has 1 amide bonds. The monoisotopic (exact) mass is 690 g/mol. The second-order valence-corrected chi connectivity index (χ2v) is 14.6. The average Bonchev–Trinajstić information content (AvgIpc) is 3.07. The molecule has 0 unspecified atom stereocenters. The summed E-state index contributed by atoms with van der Waals surface area (Å²) in [6.45, 7) is 7.16. The van der Waals surface area contributed by atoms with Gasteiger partial charge in [-0.05, 0) is 67.6 Å². The smallest absolute Gasteiger partial charge is 0.339 e. The van der Waals surface area contributed by atoms with Gasteiger partial charge < -0.3 is 14.7 Å². The molecule has 50 heavy (non-hydrogen) atoms. The van der Waals surface area contributed by atoms with E-state index in [9.17, 15) is 23.1 Å². The van der Waals surface area contributed by atoms with Crippen LogP contribution in [0.25, 0.3) is 0 Å². The second-order valence-electron chi connectivity index (χ2n) is 12.6. The summed E-state index contributed by atoms with van der Waals surface area (Å²) >= 11 is 0. The van der Waals surface area contributed by atoms with Crippen LogP contribution in [0.4, 0.5) is 5.69 Å². The Kier molecular flexibility index (Phi) is 11.2. The van der Waals surface area contributed by atoms with Gasteiger partial charge in [0.25, 0.3) is 0 Å². The number of ether oxygens (including phenoxy) is 1. The van der Waals surface area contributed by atoms with E-state index in [0.717, 1.165) is 32.1 Å². The van der Waals surface area contributed by atoms with Crippen molar-refractivity contribution in [1.29, 1.82) is 0 Å². The molecule has 1 N–H and O–H groups in total. The van der Waals surface area contributed by atoms with Gasteiger partial charge in [0.2, 0.25) is 15.9 Å². The maximum absolute atomic E-state index is 14.5. The number of benzene rings is 5. The summed E-state index contributed by atoms with van der Waals surface area (Å²) in [4.78, 5) is 28.8. The first kappa shape index (κ1) is 36.0. The predicted molar refractivity (Wildman–Crippen MR) is 196 cm³/mol. The fourth-order valence-electron chi connectivity index (χ4n) is 6.18. The lowest BCUT2D eigenvalue weighted by Crippen LogP contribution is -2.41. The van der Waals surface area contributed by atoms with Crippen molar-refractivity contribution in [3.63, 3.8) is 0 Å². The number of likely N-dealkylation sites (N-methyl/N-ethyl adjacent to an activating group) is 1. The number of hydrogen-bond donors (Lipinski definition) is 1. The standard InChI is InChI=1S/C41H42N2O6S/c1-28-16-18-33(19-17-28)25-43(38(44)26-42(5)50(47,48)40-30(3)22-29(2)23-31(40)4)37-21-20-35(41(45)46)39(49-27-34-14-10-7-11-15-34)36(37)24-32-12-8-6-9-13-32/h6-23H,24-27H2,1-5H3,(H,45,46). The molecule has 0 aliphatic heterocycles. The molecular weight excluding hydrogens is 649 g/mol. The molecule has 9 heteroatoms. The number of aromatic carboxylic acids is 1. The number of aryl methyl sites for hydroxylation is 4. The molecule has 0 bridgehead atoms. The minimum absolute atomic E-state index is 0.0386. The molecule has 0 aliphatic rings. The summed E-state index contributed by atoms with van der Waals surface area (Å²) in [5, 5.41) is 10.3. The Bertz CT molecular complexity index is 2070. The number of carboxylic acids is 1. The molecule has 0 saturated carbocycles. The molecule has 5 aromatic rings. The summed E-state index contributed by atoms with van der Waals surface area (Å²) in [6.07, 6.45) is 0.259. The van der Waals surface area contributed by atoms with Crippen LogP contribution in [-0.4, -0.2) is 43.3 Å². The van der Waals surface area contributed by atoms with Gasteiger partial charge in [0.1, 0.15) is 17.9 Å². The highest BCUT2D eigenvalue weighted by Crippen LogP contribution is 2.37. The van der Waals surface area contributed by atoms with Crippen LogP contribution in [0.5, 0.6) is 5.75 Å². The van der Waals surface area contributed by atoms with Crippen LogP contribution in [0.1, 0.15) is 54.9 Å². The third-order valence-electron chi connectivity index (χ3n) is 8.60. The molecule has 0 saturated heterocycles. The lowest BCUT2D eigenvalue weighted by molar-refractivity contribution is -0.118. The number of carboxylic acid groups (broad SMARTS) is 1. The van der Waals surface area contributed by atoms with Crippen LogP contribution in [0.15, 0.2) is 114 Å². The molecule has 0 spiro atoms. The topological polar surface area (TPSA) is 104 Å². The first-order chi connectivity index (χ1) is 23.8. The van der Waals surface area contributed by atoms with E-state index in [0.29, 0.717) is 22.4 Å². The van der Waals surface area contributed by atoms with Gasteiger partial charge in [-0.2, -0.15) is 4.31 Å². The summed E-state index contributed by atoms with van der Waals surface area (Å²) in [6, 6.07) is 33.4. The maximum Gasteiger partial charge on any atom is 0.339 e. The highest BCUT2D eigenvalue weighted by Gasteiger charge is 2.31. The van der Waals surface area contributed by atoms with E-state index >= 15 is 0 Å². The SMILES string of the molecule is Cc1ccc(CN(C(=O)CN(C)S(=O)(=O)c2c(C)cc(C)cc2C)c2ccc(C(=O)O)c(OCc3ccccc3)c2Cc2ccccc2)cc1. The summed E-state index contributed by atoms with van der Waals surface area (Å²) in [7, 11) is -2.64. The van der Waals surface area contributed by atoms with Crippen molar-refractivity contribution < 1.29 is 27.9 Å². The molecule has 0 aromatic heterocycles. The van der Waals surface area contributed by atoms with Crippen molar-refractivity contribution in [2.75, 3.05) is 18.5 Å². The fraction of sp³-hybridized carbons (Fsp3) is 0.220. The molecule has 0 aliphatic carbocycles. The van der Waals surface area contributed by atoms with Crippen LogP contribution in [0.3, 0.4) is 0 Å². The summed E-state index contributed by atoms with van der Waals surface area (Å²) in [5.74, 6) is -1.50. The largest absolute Gasteiger partial charge is 0.488 e. The van der Waals surface area contributed by atoms with Gasteiger partial charge in [-0.25, -0.2) is 13.2 Å². The number of carbonyl (C=O) groups excluding carboxylic acids is 1. The first-order valence-electron chi connectivity index (χ1n) is 16.3. The Morgan fingerprint density at radius 2 is 1.30 bits per heavy atom. The molecule has 258 valence electrons. The lowest BCUT2D eigenvalue weighted by atomic mass is 9.97. The van der Waals surface area contributed by atoms with Crippen LogP contribution in [-0.2, 0) is 34.4 Å². The van der Waals surface area contributed by atoms with Gasteiger partial charge in [-0.1, -0.05) is 108 Å².